The Morgan fingerprint density at radius 3 is 2.66 bits per heavy atom. The van der Waals surface area contributed by atoms with E-state index < -0.39 is 6.10 Å². The van der Waals surface area contributed by atoms with Gasteiger partial charge in [-0.05, 0) is 49.7 Å². The third-order valence-corrected chi connectivity index (χ3v) is 4.88. The number of rotatable bonds is 7. The van der Waals surface area contributed by atoms with E-state index in [2.05, 4.69) is 10.3 Å². The van der Waals surface area contributed by atoms with E-state index in [9.17, 15) is 9.59 Å². The molecule has 1 atom stereocenters. The zero-order valence-electron chi connectivity index (χ0n) is 17.8. The SMILES string of the molecule is Cc1ccc(NC(=O)C(C)Oc2ccccc2)cc1OCc1cc(=O)n2ccccc2n1. The molecule has 1 amide bonds. The lowest BCUT2D eigenvalue weighted by Gasteiger charge is -2.16. The summed E-state index contributed by atoms with van der Waals surface area (Å²) in [6, 6.07) is 21.4. The molecule has 2 aromatic heterocycles. The lowest BCUT2D eigenvalue weighted by molar-refractivity contribution is -0.122. The van der Waals surface area contributed by atoms with Gasteiger partial charge in [0.2, 0.25) is 0 Å². The Kier molecular flexibility index (Phi) is 6.17. The molecule has 0 fully saturated rings. The molecule has 1 unspecified atom stereocenters. The molecule has 1 N–H and O–H groups in total. The first-order valence-corrected chi connectivity index (χ1v) is 10.2. The van der Waals surface area contributed by atoms with E-state index in [4.69, 9.17) is 9.47 Å². The summed E-state index contributed by atoms with van der Waals surface area (Å²) in [5, 5.41) is 2.85. The second-order valence-electron chi connectivity index (χ2n) is 7.35. The second kappa shape index (κ2) is 9.34. The number of ether oxygens (including phenoxy) is 2. The van der Waals surface area contributed by atoms with Crippen molar-refractivity contribution >= 4 is 17.2 Å². The van der Waals surface area contributed by atoms with Crippen LogP contribution in [0.15, 0.2) is 83.8 Å². The van der Waals surface area contributed by atoms with Crippen LogP contribution in [0.2, 0.25) is 0 Å². The molecule has 7 heteroatoms. The van der Waals surface area contributed by atoms with Gasteiger partial charge in [0.1, 0.15) is 23.8 Å². The predicted octanol–water partition coefficient (Wildman–Crippen LogP) is 3.99. The minimum absolute atomic E-state index is 0.131. The number of anilines is 1. The number of carbonyl (C=O) groups is 1. The first kappa shape index (κ1) is 21.1. The lowest BCUT2D eigenvalue weighted by atomic mass is 10.2. The molecule has 0 saturated heterocycles. The van der Waals surface area contributed by atoms with Crippen molar-refractivity contribution in [2.45, 2.75) is 26.6 Å². The van der Waals surface area contributed by atoms with Gasteiger partial charge < -0.3 is 14.8 Å². The monoisotopic (exact) mass is 429 g/mol. The van der Waals surface area contributed by atoms with Crippen molar-refractivity contribution in [2.24, 2.45) is 0 Å². The van der Waals surface area contributed by atoms with E-state index in [1.165, 1.54) is 10.5 Å². The number of carbonyl (C=O) groups excluding carboxylic acids is 1. The van der Waals surface area contributed by atoms with Crippen LogP contribution in [0.5, 0.6) is 11.5 Å². The average Bonchev–Trinajstić information content (AvgIpc) is 2.80. The van der Waals surface area contributed by atoms with Crippen molar-refractivity contribution in [2.75, 3.05) is 5.32 Å². The molecule has 162 valence electrons. The molecule has 0 saturated carbocycles. The maximum absolute atomic E-state index is 12.5. The van der Waals surface area contributed by atoms with Crippen LogP contribution in [0.25, 0.3) is 5.65 Å². The Morgan fingerprint density at radius 2 is 1.84 bits per heavy atom. The Balaban J connectivity index is 1.43. The second-order valence-corrected chi connectivity index (χ2v) is 7.35. The number of pyridine rings is 1. The van der Waals surface area contributed by atoms with E-state index >= 15 is 0 Å². The highest BCUT2D eigenvalue weighted by Gasteiger charge is 2.15. The zero-order chi connectivity index (χ0) is 22.5. The number of nitrogens with zero attached hydrogens (tertiary/aromatic N) is 2. The van der Waals surface area contributed by atoms with Crippen molar-refractivity contribution in [1.82, 2.24) is 9.38 Å². The van der Waals surface area contributed by atoms with Gasteiger partial charge in [-0.3, -0.25) is 14.0 Å². The number of hydrogen-bond donors (Lipinski definition) is 1. The molecule has 0 aliphatic heterocycles. The molecule has 32 heavy (non-hydrogen) atoms. The molecule has 0 aliphatic carbocycles. The summed E-state index contributed by atoms with van der Waals surface area (Å²) in [7, 11) is 0. The zero-order valence-corrected chi connectivity index (χ0v) is 17.8. The van der Waals surface area contributed by atoms with Crippen LogP contribution in [0, 0.1) is 6.92 Å². The third-order valence-electron chi connectivity index (χ3n) is 4.88. The Morgan fingerprint density at radius 1 is 1.06 bits per heavy atom. The van der Waals surface area contributed by atoms with Crippen molar-refractivity contribution in [3.05, 3.63) is 101 Å². The minimum Gasteiger partial charge on any atom is -0.487 e. The van der Waals surface area contributed by atoms with Crippen LogP contribution in [-0.2, 0) is 11.4 Å². The van der Waals surface area contributed by atoms with Gasteiger partial charge >= 0.3 is 0 Å². The van der Waals surface area contributed by atoms with Gasteiger partial charge in [-0.15, -0.1) is 0 Å². The Hall–Kier alpha value is -4.13. The number of fused-ring (bicyclic) bond motifs is 1. The average molecular weight is 429 g/mol. The summed E-state index contributed by atoms with van der Waals surface area (Å²) >= 11 is 0. The quantitative estimate of drug-likeness (QED) is 0.480. The highest BCUT2D eigenvalue weighted by molar-refractivity contribution is 5.94. The molecule has 2 heterocycles. The normalized spacial score (nSPS) is 11.7. The van der Waals surface area contributed by atoms with Crippen LogP contribution in [0.1, 0.15) is 18.2 Å². The number of aromatic nitrogens is 2. The van der Waals surface area contributed by atoms with Gasteiger partial charge in [0, 0.05) is 24.0 Å². The maximum atomic E-state index is 12.5. The van der Waals surface area contributed by atoms with Gasteiger partial charge in [0.25, 0.3) is 11.5 Å². The van der Waals surface area contributed by atoms with Gasteiger partial charge in [-0.2, -0.15) is 0 Å². The van der Waals surface area contributed by atoms with E-state index in [0.717, 1.165) is 5.56 Å². The summed E-state index contributed by atoms with van der Waals surface area (Å²) in [5.41, 5.74) is 2.41. The number of para-hydroxylation sites is 1. The molecule has 4 aromatic rings. The van der Waals surface area contributed by atoms with Crippen LogP contribution < -0.4 is 20.3 Å². The van der Waals surface area contributed by atoms with E-state index in [1.54, 1.807) is 49.5 Å². The van der Waals surface area contributed by atoms with Crippen molar-refractivity contribution < 1.29 is 14.3 Å². The Labute approximate surface area is 185 Å². The number of aryl methyl sites for hydroxylation is 1. The largest absolute Gasteiger partial charge is 0.487 e. The summed E-state index contributed by atoms with van der Waals surface area (Å²) in [6.07, 6.45) is 1.01. The first-order chi connectivity index (χ1) is 15.5. The lowest BCUT2D eigenvalue weighted by Crippen LogP contribution is -2.30. The highest BCUT2D eigenvalue weighted by Crippen LogP contribution is 2.24. The molecule has 4 rings (SSSR count). The molecular formula is C25H23N3O4. The molecule has 0 aliphatic rings. The summed E-state index contributed by atoms with van der Waals surface area (Å²) < 4.78 is 13.1. The van der Waals surface area contributed by atoms with Crippen molar-refractivity contribution in [3.63, 3.8) is 0 Å². The van der Waals surface area contributed by atoms with Crippen molar-refractivity contribution in [3.8, 4) is 11.5 Å². The van der Waals surface area contributed by atoms with Crippen LogP contribution in [0.4, 0.5) is 5.69 Å². The van der Waals surface area contributed by atoms with Crippen LogP contribution in [-0.4, -0.2) is 21.4 Å². The van der Waals surface area contributed by atoms with Crippen LogP contribution >= 0.6 is 0 Å². The highest BCUT2D eigenvalue weighted by atomic mass is 16.5. The number of hydrogen-bond acceptors (Lipinski definition) is 5. The number of nitrogens with one attached hydrogen (secondary N) is 1. The molecule has 0 spiro atoms. The van der Waals surface area contributed by atoms with E-state index in [1.807, 2.05) is 37.3 Å². The molecule has 7 nitrogen and oxygen atoms in total. The number of amides is 1. The van der Waals surface area contributed by atoms with Gasteiger partial charge in [0.15, 0.2) is 6.10 Å². The van der Waals surface area contributed by atoms with E-state index in [-0.39, 0.29) is 18.1 Å². The van der Waals surface area contributed by atoms with E-state index in [0.29, 0.717) is 28.5 Å². The standard InChI is InChI=1S/C25H23N3O4/c1-17-11-12-19(27-25(30)18(2)32-21-8-4-3-5-9-21)14-22(17)31-16-20-15-24(29)28-13-7-6-10-23(28)26-20/h3-15,18H,16H2,1-2H3,(H,27,30). The Bertz CT molecular complexity index is 1300. The smallest absolute Gasteiger partial charge is 0.265 e. The molecule has 0 bridgehead atoms. The first-order valence-electron chi connectivity index (χ1n) is 10.2. The predicted molar refractivity (Wildman–Crippen MR) is 122 cm³/mol. The molecule has 2 aromatic carbocycles. The van der Waals surface area contributed by atoms with Gasteiger partial charge in [-0.25, -0.2) is 4.98 Å². The van der Waals surface area contributed by atoms with Crippen LogP contribution in [0.3, 0.4) is 0 Å². The van der Waals surface area contributed by atoms with Crippen molar-refractivity contribution in [1.29, 1.82) is 0 Å². The third kappa shape index (κ3) is 4.95. The summed E-state index contributed by atoms with van der Waals surface area (Å²) in [5.74, 6) is 0.948. The molecular weight excluding hydrogens is 406 g/mol. The maximum Gasteiger partial charge on any atom is 0.265 e. The summed E-state index contributed by atoms with van der Waals surface area (Å²) in [6.45, 7) is 3.73. The fourth-order valence-electron chi connectivity index (χ4n) is 3.16. The fraction of sp³-hybridized carbons (Fsp3) is 0.160. The topological polar surface area (TPSA) is 81.9 Å². The number of benzene rings is 2. The minimum atomic E-state index is -0.669. The van der Waals surface area contributed by atoms with Gasteiger partial charge in [-0.1, -0.05) is 30.3 Å². The fourth-order valence-corrected chi connectivity index (χ4v) is 3.16. The van der Waals surface area contributed by atoms with Gasteiger partial charge in [0.05, 0.1) is 5.69 Å². The summed E-state index contributed by atoms with van der Waals surface area (Å²) in [4.78, 5) is 29.3. The molecule has 0 radical (unpaired) electrons.